The first kappa shape index (κ1) is 14.2. The number of aromatic amines is 1. The van der Waals surface area contributed by atoms with Crippen LogP contribution in [0.3, 0.4) is 0 Å². The zero-order valence-electron chi connectivity index (χ0n) is 11.3. The van der Waals surface area contributed by atoms with E-state index in [1.165, 1.54) is 0 Å². The van der Waals surface area contributed by atoms with Crippen molar-refractivity contribution < 1.29 is 0 Å². The predicted octanol–water partition coefficient (Wildman–Crippen LogP) is 3.56. The van der Waals surface area contributed by atoms with Crippen molar-refractivity contribution in [2.24, 2.45) is 0 Å². The average molecular weight is 362 g/mol. The van der Waals surface area contributed by atoms with Crippen molar-refractivity contribution in [3.63, 3.8) is 0 Å². The minimum atomic E-state index is -0.174. The molecule has 3 aromatic rings. The maximum absolute atomic E-state index is 12.1. The first-order chi connectivity index (χ1) is 10.1. The van der Waals surface area contributed by atoms with Crippen LogP contribution in [-0.4, -0.2) is 15.0 Å². The second kappa shape index (κ2) is 5.91. The number of benzene rings is 1. The van der Waals surface area contributed by atoms with Crippen LogP contribution in [0.25, 0.3) is 11.3 Å². The van der Waals surface area contributed by atoms with Crippen LogP contribution >= 0.6 is 27.3 Å². The number of nitrogens with one attached hydrogen (secondary N) is 1. The molecule has 1 N–H and O–H groups in total. The summed E-state index contributed by atoms with van der Waals surface area (Å²) >= 11 is 4.89. The Balaban J connectivity index is 2.04. The van der Waals surface area contributed by atoms with Gasteiger partial charge in [0.1, 0.15) is 15.3 Å². The molecule has 0 aliphatic heterocycles. The molecule has 4 nitrogen and oxygen atoms in total. The Kier molecular flexibility index (Phi) is 3.98. The average Bonchev–Trinajstić information content (AvgIpc) is 2.89. The van der Waals surface area contributed by atoms with Gasteiger partial charge in [-0.15, -0.1) is 11.3 Å². The van der Waals surface area contributed by atoms with E-state index in [9.17, 15) is 4.79 Å². The first-order valence-electron chi connectivity index (χ1n) is 6.38. The number of hydrogen-bond acceptors (Lipinski definition) is 4. The molecule has 0 aliphatic rings. The molecule has 1 aromatic carbocycles. The van der Waals surface area contributed by atoms with Gasteiger partial charge in [-0.25, -0.2) is 9.97 Å². The molecule has 0 unspecified atom stereocenters. The molecule has 0 bridgehead atoms. The minimum Gasteiger partial charge on any atom is -0.309 e. The van der Waals surface area contributed by atoms with Gasteiger partial charge in [-0.2, -0.15) is 0 Å². The molecule has 0 amide bonds. The number of nitrogens with zero attached hydrogens (tertiary/aromatic N) is 2. The van der Waals surface area contributed by atoms with Gasteiger partial charge >= 0.3 is 0 Å². The standard InChI is InChI=1S/C15H12BrN3OS/c1-9-8-21-12(17-9)7-11-18-14(13(16)15(20)19-11)10-5-3-2-4-6-10/h2-6,8H,7H2,1H3,(H,18,19,20). The number of rotatable bonds is 3. The largest absolute Gasteiger partial charge is 0.309 e. The molecule has 21 heavy (non-hydrogen) atoms. The summed E-state index contributed by atoms with van der Waals surface area (Å²) in [5, 5.41) is 2.93. The van der Waals surface area contributed by atoms with Gasteiger partial charge in [-0.1, -0.05) is 30.3 Å². The minimum absolute atomic E-state index is 0.174. The molecule has 0 atom stereocenters. The molecular formula is C15H12BrN3OS. The Bertz CT molecular complexity index is 826. The van der Waals surface area contributed by atoms with E-state index in [0.717, 1.165) is 16.3 Å². The van der Waals surface area contributed by atoms with Crippen molar-refractivity contribution in [1.29, 1.82) is 0 Å². The normalized spacial score (nSPS) is 10.8. The summed E-state index contributed by atoms with van der Waals surface area (Å²) in [6.45, 7) is 1.95. The second-order valence-corrected chi connectivity index (χ2v) is 6.34. The fraction of sp³-hybridized carbons (Fsp3) is 0.133. The van der Waals surface area contributed by atoms with E-state index < -0.39 is 0 Å². The van der Waals surface area contributed by atoms with Gasteiger partial charge in [0.05, 0.1) is 12.1 Å². The van der Waals surface area contributed by atoms with Gasteiger partial charge in [0.25, 0.3) is 5.56 Å². The van der Waals surface area contributed by atoms with Crippen LogP contribution in [-0.2, 0) is 6.42 Å². The van der Waals surface area contributed by atoms with E-state index in [4.69, 9.17) is 0 Å². The Morgan fingerprint density at radius 3 is 2.67 bits per heavy atom. The lowest BCUT2D eigenvalue weighted by Crippen LogP contribution is -2.14. The lowest BCUT2D eigenvalue weighted by Gasteiger charge is -2.06. The fourth-order valence-corrected chi connectivity index (χ4v) is 3.20. The van der Waals surface area contributed by atoms with Crippen molar-refractivity contribution in [2.75, 3.05) is 0 Å². The zero-order valence-corrected chi connectivity index (χ0v) is 13.7. The summed E-state index contributed by atoms with van der Waals surface area (Å²) < 4.78 is 0.452. The number of halogens is 1. The third-order valence-corrected chi connectivity index (χ3v) is 4.65. The van der Waals surface area contributed by atoms with Crippen LogP contribution in [0.5, 0.6) is 0 Å². The summed E-state index contributed by atoms with van der Waals surface area (Å²) in [6, 6.07) is 9.65. The van der Waals surface area contributed by atoms with Gasteiger partial charge in [-0.3, -0.25) is 4.79 Å². The van der Waals surface area contributed by atoms with Gasteiger partial charge in [0.15, 0.2) is 0 Å². The van der Waals surface area contributed by atoms with Crippen LogP contribution in [0.1, 0.15) is 16.5 Å². The van der Waals surface area contributed by atoms with Gasteiger partial charge in [0, 0.05) is 16.6 Å². The van der Waals surface area contributed by atoms with Gasteiger partial charge < -0.3 is 4.98 Å². The van der Waals surface area contributed by atoms with E-state index >= 15 is 0 Å². The van der Waals surface area contributed by atoms with E-state index in [0.29, 0.717) is 22.4 Å². The Hall–Kier alpha value is -1.79. The van der Waals surface area contributed by atoms with Crippen LogP contribution < -0.4 is 5.56 Å². The smallest absolute Gasteiger partial charge is 0.265 e. The highest BCUT2D eigenvalue weighted by Gasteiger charge is 2.12. The second-order valence-electron chi connectivity index (χ2n) is 4.60. The van der Waals surface area contributed by atoms with E-state index in [1.807, 2.05) is 42.6 Å². The number of aryl methyl sites for hydroxylation is 1. The lowest BCUT2D eigenvalue weighted by atomic mass is 10.1. The molecule has 6 heteroatoms. The van der Waals surface area contributed by atoms with E-state index in [1.54, 1.807) is 11.3 Å². The molecule has 2 heterocycles. The van der Waals surface area contributed by atoms with E-state index in [2.05, 4.69) is 30.9 Å². The topological polar surface area (TPSA) is 58.6 Å². The van der Waals surface area contributed by atoms with Crippen LogP contribution in [0.15, 0.2) is 45.0 Å². The quantitative estimate of drug-likeness (QED) is 0.775. The number of hydrogen-bond donors (Lipinski definition) is 1. The molecule has 3 rings (SSSR count). The molecule has 106 valence electrons. The van der Waals surface area contributed by atoms with Crippen molar-refractivity contribution >= 4 is 27.3 Å². The third-order valence-electron chi connectivity index (χ3n) is 2.94. The molecule has 0 radical (unpaired) electrons. The van der Waals surface area contributed by atoms with Crippen molar-refractivity contribution in [3.8, 4) is 11.3 Å². The van der Waals surface area contributed by atoms with Crippen LogP contribution in [0.4, 0.5) is 0 Å². The summed E-state index contributed by atoms with van der Waals surface area (Å²) in [5.74, 6) is 0.622. The molecule has 0 fully saturated rings. The third kappa shape index (κ3) is 3.11. The van der Waals surface area contributed by atoms with Crippen LogP contribution in [0, 0.1) is 6.92 Å². The Labute approximate surface area is 134 Å². The highest BCUT2D eigenvalue weighted by molar-refractivity contribution is 9.10. The van der Waals surface area contributed by atoms with Gasteiger partial charge in [-0.05, 0) is 22.9 Å². The molecule has 0 saturated heterocycles. The maximum atomic E-state index is 12.1. The molecule has 2 aromatic heterocycles. The number of H-pyrrole nitrogens is 1. The number of aromatic nitrogens is 3. The summed E-state index contributed by atoms with van der Waals surface area (Å²) in [6.07, 6.45) is 0.529. The summed E-state index contributed by atoms with van der Waals surface area (Å²) in [4.78, 5) is 23.8. The summed E-state index contributed by atoms with van der Waals surface area (Å²) in [5.41, 5.74) is 2.37. The predicted molar refractivity (Wildman–Crippen MR) is 87.7 cm³/mol. The molecule has 0 spiro atoms. The Morgan fingerprint density at radius 2 is 2.00 bits per heavy atom. The fourth-order valence-electron chi connectivity index (χ4n) is 2.00. The molecule has 0 saturated carbocycles. The van der Waals surface area contributed by atoms with Crippen LogP contribution in [0.2, 0.25) is 0 Å². The summed E-state index contributed by atoms with van der Waals surface area (Å²) in [7, 11) is 0. The number of thiazole rings is 1. The maximum Gasteiger partial charge on any atom is 0.265 e. The SMILES string of the molecule is Cc1csc(Cc2nc(-c3ccccc3)c(Br)c(=O)[nH]2)n1. The van der Waals surface area contributed by atoms with Gasteiger partial charge in [0.2, 0.25) is 0 Å². The monoisotopic (exact) mass is 361 g/mol. The highest BCUT2D eigenvalue weighted by atomic mass is 79.9. The van der Waals surface area contributed by atoms with Crippen molar-refractivity contribution in [3.05, 3.63) is 67.1 Å². The Morgan fingerprint density at radius 1 is 1.24 bits per heavy atom. The zero-order chi connectivity index (χ0) is 14.8. The molecule has 0 aliphatic carbocycles. The van der Waals surface area contributed by atoms with Crippen molar-refractivity contribution in [1.82, 2.24) is 15.0 Å². The highest BCUT2D eigenvalue weighted by Crippen LogP contribution is 2.23. The molecular weight excluding hydrogens is 350 g/mol. The van der Waals surface area contributed by atoms with E-state index in [-0.39, 0.29) is 5.56 Å². The lowest BCUT2D eigenvalue weighted by molar-refractivity contribution is 0.930. The van der Waals surface area contributed by atoms with Crippen molar-refractivity contribution in [2.45, 2.75) is 13.3 Å². The first-order valence-corrected chi connectivity index (χ1v) is 8.06.